The molecule has 1 aromatic heterocycles. The smallest absolute Gasteiger partial charge is 0.0397 e. The van der Waals surface area contributed by atoms with E-state index in [1.165, 1.54) is 47.9 Å². The molecular weight excluding hydrogens is 294 g/mol. The fourth-order valence-corrected chi connectivity index (χ4v) is 4.47. The Morgan fingerprint density at radius 3 is 2.88 bits per heavy atom. The highest BCUT2D eigenvalue weighted by Gasteiger charge is 2.14. The fourth-order valence-electron chi connectivity index (χ4n) is 2.72. The van der Waals surface area contributed by atoms with Gasteiger partial charge in [-0.25, -0.2) is 0 Å². The van der Waals surface area contributed by atoms with Gasteiger partial charge in [-0.2, -0.15) is 0 Å². The summed E-state index contributed by atoms with van der Waals surface area (Å²) in [5.41, 5.74) is 0. The average molecular weight is 316 g/mol. The van der Waals surface area contributed by atoms with Crippen LogP contribution in [0.4, 0.5) is 0 Å². The predicted octanol–water partition coefficient (Wildman–Crippen LogP) is 5.13. The normalized spacial score (nSPS) is 18.7. The summed E-state index contributed by atoms with van der Waals surface area (Å²) < 4.78 is 1.25. The Kier molecular flexibility index (Phi) is 5.51. The maximum atomic E-state index is 3.63. The van der Waals surface area contributed by atoms with Crippen molar-refractivity contribution in [3.05, 3.63) is 20.8 Å². The first-order valence-corrected chi connectivity index (χ1v) is 8.41. The van der Waals surface area contributed by atoms with Crippen LogP contribution in [-0.4, -0.2) is 6.54 Å². The van der Waals surface area contributed by atoms with E-state index >= 15 is 0 Å². The van der Waals surface area contributed by atoms with E-state index in [9.17, 15) is 0 Å². The van der Waals surface area contributed by atoms with E-state index in [0.717, 1.165) is 12.5 Å². The molecule has 17 heavy (non-hydrogen) atoms. The maximum absolute atomic E-state index is 3.63. The molecule has 0 bridgehead atoms. The SMILES string of the molecule is CC(NCCCC1CCCC1)c1sccc1Br. The number of rotatable bonds is 6. The van der Waals surface area contributed by atoms with Crippen LogP contribution in [0.5, 0.6) is 0 Å². The van der Waals surface area contributed by atoms with E-state index in [-0.39, 0.29) is 0 Å². The van der Waals surface area contributed by atoms with Gasteiger partial charge in [0.15, 0.2) is 0 Å². The Morgan fingerprint density at radius 2 is 2.24 bits per heavy atom. The summed E-state index contributed by atoms with van der Waals surface area (Å²) in [7, 11) is 0. The van der Waals surface area contributed by atoms with Crippen LogP contribution in [0.2, 0.25) is 0 Å². The van der Waals surface area contributed by atoms with Crippen molar-refractivity contribution >= 4 is 27.3 Å². The molecule has 1 nitrogen and oxygen atoms in total. The largest absolute Gasteiger partial charge is 0.309 e. The van der Waals surface area contributed by atoms with Crippen molar-refractivity contribution < 1.29 is 0 Å². The molecule has 0 aliphatic heterocycles. The third-order valence-electron chi connectivity index (χ3n) is 3.75. The van der Waals surface area contributed by atoms with Crippen molar-refractivity contribution in [2.24, 2.45) is 5.92 Å². The molecule has 0 aromatic carbocycles. The van der Waals surface area contributed by atoms with Crippen molar-refractivity contribution in [3.63, 3.8) is 0 Å². The van der Waals surface area contributed by atoms with Crippen molar-refractivity contribution in [1.82, 2.24) is 5.32 Å². The number of thiophene rings is 1. The summed E-state index contributed by atoms with van der Waals surface area (Å²) in [5, 5.41) is 5.78. The zero-order valence-corrected chi connectivity index (χ0v) is 12.9. The van der Waals surface area contributed by atoms with Crippen molar-refractivity contribution in [2.75, 3.05) is 6.54 Å². The molecule has 0 saturated heterocycles. The number of halogens is 1. The molecule has 2 rings (SSSR count). The number of nitrogens with one attached hydrogen (secondary N) is 1. The zero-order valence-electron chi connectivity index (χ0n) is 10.5. The topological polar surface area (TPSA) is 12.0 Å². The van der Waals surface area contributed by atoms with Gasteiger partial charge < -0.3 is 5.32 Å². The first kappa shape index (κ1) is 13.6. The minimum Gasteiger partial charge on any atom is -0.309 e. The molecule has 3 heteroatoms. The van der Waals surface area contributed by atoms with Crippen LogP contribution in [0.25, 0.3) is 0 Å². The lowest BCUT2D eigenvalue weighted by Gasteiger charge is -2.14. The van der Waals surface area contributed by atoms with Crippen LogP contribution in [0.1, 0.15) is 56.4 Å². The van der Waals surface area contributed by atoms with Gasteiger partial charge in [-0.3, -0.25) is 0 Å². The van der Waals surface area contributed by atoms with Crippen molar-refractivity contribution in [1.29, 1.82) is 0 Å². The van der Waals surface area contributed by atoms with Gasteiger partial charge in [0.05, 0.1) is 0 Å². The molecule has 1 aliphatic carbocycles. The van der Waals surface area contributed by atoms with Crippen LogP contribution in [0.3, 0.4) is 0 Å². The summed E-state index contributed by atoms with van der Waals surface area (Å²) in [6.07, 6.45) is 8.65. The van der Waals surface area contributed by atoms with Gasteiger partial charge >= 0.3 is 0 Å². The Hall–Kier alpha value is 0.140. The summed E-state index contributed by atoms with van der Waals surface area (Å²) in [5.74, 6) is 1.03. The van der Waals surface area contributed by atoms with Gasteiger partial charge in [0.2, 0.25) is 0 Å². The van der Waals surface area contributed by atoms with Gasteiger partial charge in [-0.15, -0.1) is 11.3 Å². The van der Waals surface area contributed by atoms with Gasteiger partial charge in [-0.1, -0.05) is 25.7 Å². The summed E-state index contributed by atoms with van der Waals surface area (Å²) in [6.45, 7) is 3.41. The molecule has 1 atom stereocenters. The van der Waals surface area contributed by atoms with E-state index in [2.05, 4.69) is 39.6 Å². The molecule has 1 saturated carbocycles. The van der Waals surface area contributed by atoms with Gasteiger partial charge in [0.25, 0.3) is 0 Å². The highest BCUT2D eigenvalue weighted by molar-refractivity contribution is 9.10. The second-order valence-electron chi connectivity index (χ2n) is 5.10. The second kappa shape index (κ2) is 6.91. The van der Waals surface area contributed by atoms with Crippen molar-refractivity contribution in [2.45, 2.75) is 51.5 Å². The van der Waals surface area contributed by atoms with Gasteiger partial charge in [0.1, 0.15) is 0 Å². The highest BCUT2D eigenvalue weighted by atomic mass is 79.9. The summed E-state index contributed by atoms with van der Waals surface area (Å²) in [6, 6.07) is 2.62. The van der Waals surface area contributed by atoms with E-state index < -0.39 is 0 Å². The highest BCUT2D eigenvalue weighted by Crippen LogP contribution is 2.30. The van der Waals surface area contributed by atoms with Crippen LogP contribution < -0.4 is 5.32 Å². The summed E-state index contributed by atoms with van der Waals surface area (Å²) in [4.78, 5) is 1.42. The standard InChI is InChI=1S/C14H22BrNS/c1-11(14-13(15)8-10-17-14)16-9-4-7-12-5-2-3-6-12/h8,10-12,16H,2-7,9H2,1H3. The van der Waals surface area contributed by atoms with Crippen molar-refractivity contribution in [3.8, 4) is 0 Å². The first-order valence-electron chi connectivity index (χ1n) is 6.73. The molecule has 1 heterocycles. The fraction of sp³-hybridized carbons (Fsp3) is 0.714. The second-order valence-corrected chi connectivity index (χ2v) is 6.90. The van der Waals surface area contributed by atoms with Crippen LogP contribution >= 0.6 is 27.3 Å². The van der Waals surface area contributed by atoms with E-state index in [4.69, 9.17) is 0 Å². The monoisotopic (exact) mass is 315 g/mol. The average Bonchev–Trinajstić information content (AvgIpc) is 2.95. The lowest BCUT2D eigenvalue weighted by atomic mass is 10.0. The van der Waals surface area contributed by atoms with E-state index in [0.29, 0.717) is 6.04 Å². The predicted molar refractivity (Wildman–Crippen MR) is 79.6 cm³/mol. The molecule has 1 aliphatic rings. The lowest BCUT2D eigenvalue weighted by molar-refractivity contribution is 0.457. The van der Waals surface area contributed by atoms with Crippen LogP contribution in [-0.2, 0) is 0 Å². The molecule has 0 radical (unpaired) electrons. The van der Waals surface area contributed by atoms with Crippen LogP contribution in [0, 0.1) is 5.92 Å². The Balaban J connectivity index is 1.63. The molecule has 0 spiro atoms. The molecule has 1 fully saturated rings. The third kappa shape index (κ3) is 4.08. The van der Waals surface area contributed by atoms with Gasteiger partial charge in [-0.05, 0) is 59.6 Å². The molecule has 1 aromatic rings. The van der Waals surface area contributed by atoms with Gasteiger partial charge in [0, 0.05) is 15.4 Å². The van der Waals surface area contributed by atoms with Crippen LogP contribution in [0.15, 0.2) is 15.9 Å². The molecule has 96 valence electrons. The van der Waals surface area contributed by atoms with E-state index in [1.54, 1.807) is 0 Å². The summed E-state index contributed by atoms with van der Waals surface area (Å²) >= 11 is 5.43. The lowest BCUT2D eigenvalue weighted by Crippen LogP contribution is -2.19. The Morgan fingerprint density at radius 1 is 1.47 bits per heavy atom. The Bertz CT molecular complexity index is 331. The number of hydrogen-bond acceptors (Lipinski definition) is 2. The van der Waals surface area contributed by atoms with E-state index in [1.807, 2.05) is 11.3 Å². The molecule has 1 unspecified atom stereocenters. The zero-order chi connectivity index (χ0) is 12.1. The number of hydrogen-bond donors (Lipinski definition) is 1. The third-order valence-corrected chi connectivity index (χ3v) is 5.81. The maximum Gasteiger partial charge on any atom is 0.0397 e. The molecular formula is C14H22BrNS. The molecule has 1 N–H and O–H groups in total. The minimum absolute atomic E-state index is 0.480. The minimum atomic E-state index is 0.480. The quantitative estimate of drug-likeness (QED) is 0.717. The Labute approximate surface area is 117 Å². The molecule has 0 amide bonds. The first-order chi connectivity index (χ1) is 8.27.